The fourth-order valence-corrected chi connectivity index (χ4v) is 2.14. The summed E-state index contributed by atoms with van der Waals surface area (Å²) in [5.74, 6) is -1.21. The van der Waals surface area contributed by atoms with Crippen LogP contribution in [0.4, 0.5) is 5.69 Å². The lowest BCUT2D eigenvalue weighted by atomic mass is 10.1. The average Bonchev–Trinajstić information content (AvgIpc) is 2.48. The number of aromatic nitrogens is 1. The zero-order chi connectivity index (χ0) is 16.3. The first-order valence-electron chi connectivity index (χ1n) is 5.92. The third-order valence-electron chi connectivity index (χ3n) is 2.63. The van der Waals surface area contributed by atoms with Crippen molar-refractivity contribution in [1.29, 1.82) is 0 Å². The number of amides is 1. The molecular weight excluding hydrogens is 414 g/mol. The SMILES string of the molecule is O=C(c1ccccn1)c1cc(Br)ccc1NC(=O)C(Cl)(Cl)Cl. The molecule has 4 nitrogen and oxygen atoms in total. The number of alkyl halides is 3. The Balaban J connectivity index is 2.41. The highest BCUT2D eigenvalue weighted by Crippen LogP contribution is 2.30. The van der Waals surface area contributed by atoms with Gasteiger partial charge in [0.15, 0.2) is 0 Å². The van der Waals surface area contributed by atoms with Gasteiger partial charge in [-0.1, -0.05) is 56.8 Å². The molecule has 0 aliphatic carbocycles. The highest BCUT2D eigenvalue weighted by atomic mass is 79.9. The minimum atomic E-state index is -2.13. The van der Waals surface area contributed by atoms with Gasteiger partial charge in [0, 0.05) is 16.2 Å². The molecule has 0 aliphatic heterocycles. The Morgan fingerprint density at radius 1 is 1.14 bits per heavy atom. The van der Waals surface area contributed by atoms with Crippen LogP contribution in [0.3, 0.4) is 0 Å². The van der Waals surface area contributed by atoms with Gasteiger partial charge in [0.25, 0.3) is 9.70 Å². The van der Waals surface area contributed by atoms with Crippen molar-refractivity contribution in [3.63, 3.8) is 0 Å². The van der Waals surface area contributed by atoms with E-state index >= 15 is 0 Å². The van der Waals surface area contributed by atoms with Gasteiger partial charge in [-0.3, -0.25) is 14.6 Å². The van der Waals surface area contributed by atoms with Crippen LogP contribution in [0.25, 0.3) is 0 Å². The number of hydrogen-bond acceptors (Lipinski definition) is 3. The number of carbonyl (C=O) groups is 2. The number of nitrogens with one attached hydrogen (secondary N) is 1. The van der Waals surface area contributed by atoms with Crippen LogP contribution in [-0.4, -0.2) is 20.5 Å². The van der Waals surface area contributed by atoms with Gasteiger partial charge in [-0.15, -0.1) is 0 Å². The van der Waals surface area contributed by atoms with E-state index in [0.29, 0.717) is 4.47 Å². The van der Waals surface area contributed by atoms with E-state index in [0.717, 1.165) is 0 Å². The predicted octanol–water partition coefficient (Wildman–Crippen LogP) is 4.38. The highest BCUT2D eigenvalue weighted by molar-refractivity contribution is 9.10. The first kappa shape index (κ1) is 17.2. The molecule has 2 aromatic rings. The maximum atomic E-state index is 12.5. The molecular formula is C14H8BrCl3N2O2. The van der Waals surface area contributed by atoms with Crippen LogP contribution in [0.2, 0.25) is 0 Å². The van der Waals surface area contributed by atoms with E-state index in [2.05, 4.69) is 26.2 Å². The third-order valence-corrected chi connectivity index (χ3v) is 3.64. The molecule has 1 amide bonds. The van der Waals surface area contributed by atoms with E-state index in [1.807, 2.05) is 0 Å². The Morgan fingerprint density at radius 3 is 2.45 bits per heavy atom. The summed E-state index contributed by atoms with van der Waals surface area (Å²) in [6.45, 7) is 0. The molecule has 22 heavy (non-hydrogen) atoms. The summed E-state index contributed by atoms with van der Waals surface area (Å²) in [5, 5.41) is 2.42. The molecule has 114 valence electrons. The van der Waals surface area contributed by atoms with Gasteiger partial charge in [0.2, 0.25) is 5.78 Å². The summed E-state index contributed by atoms with van der Waals surface area (Å²) in [6.07, 6.45) is 1.50. The molecule has 0 bridgehead atoms. The molecule has 0 radical (unpaired) electrons. The molecule has 8 heteroatoms. The third kappa shape index (κ3) is 4.20. The summed E-state index contributed by atoms with van der Waals surface area (Å²) in [7, 11) is 0. The summed E-state index contributed by atoms with van der Waals surface area (Å²) < 4.78 is -1.46. The lowest BCUT2D eigenvalue weighted by Gasteiger charge is -2.14. The fraction of sp³-hybridized carbons (Fsp3) is 0.0714. The van der Waals surface area contributed by atoms with Crippen molar-refractivity contribution < 1.29 is 9.59 Å². The van der Waals surface area contributed by atoms with Crippen molar-refractivity contribution in [2.24, 2.45) is 0 Å². The molecule has 0 saturated carbocycles. The molecule has 0 aliphatic rings. The van der Waals surface area contributed by atoms with Crippen LogP contribution in [0.5, 0.6) is 0 Å². The number of ketones is 1. The Morgan fingerprint density at radius 2 is 1.86 bits per heavy atom. The van der Waals surface area contributed by atoms with E-state index < -0.39 is 9.70 Å². The van der Waals surface area contributed by atoms with Gasteiger partial charge in [0.1, 0.15) is 5.69 Å². The van der Waals surface area contributed by atoms with E-state index in [1.165, 1.54) is 12.3 Å². The van der Waals surface area contributed by atoms with Crippen LogP contribution in [0.15, 0.2) is 47.1 Å². The maximum absolute atomic E-state index is 12.5. The van der Waals surface area contributed by atoms with Crippen molar-refractivity contribution in [2.75, 3.05) is 5.32 Å². The number of pyridine rings is 1. The van der Waals surface area contributed by atoms with Crippen molar-refractivity contribution in [3.8, 4) is 0 Å². The Hall–Kier alpha value is -1.14. The average molecular weight is 422 g/mol. The predicted molar refractivity (Wildman–Crippen MR) is 90.7 cm³/mol. The second-order valence-corrected chi connectivity index (χ2v) is 7.38. The molecule has 1 aromatic carbocycles. The van der Waals surface area contributed by atoms with Crippen molar-refractivity contribution >= 4 is 68.1 Å². The largest absolute Gasteiger partial charge is 0.322 e. The van der Waals surface area contributed by atoms with E-state index in [9.17, 15) is 9.59 Å². The number of benzene rings is 1. The van der Waals surface area contributed by atoms with Crippen molar-refractivity contribution in [2.45, 2.75) is 3.79 Å². The van der Waals surface area contributed by atoms with Gasteiger partial charge in [0.05, 0.1) is 5.69 Å². The number of carbonyl (C=O) groups excluding carboxylic acids is 2. The number of halogens is 4. The Kier molecular flexibility index (Phi) is 5.45. The van der Waals surface area contributed by atoms with E-state index in [4.69, 9.17) is 34.8 Å². The van der Waals surface area contributed by atoms with Gasteiger partial charge in [-0.2, -0.15) is 0 Å². The number of rotatable bonds is 3. The van der Waals surface area contributed by atoms with Gasteiger partial charge >= 0.3 is 0 Å². The summed E-state index contributed by atoms with van der Waals surface area (Å²) >= 11 is 19.9. The standard InChI is InChI=1S/C14H8BrCl3N2O2/c15-8-4-5-10(20-13(22)14(16,17)18)9(7-8)12(21)11-3-1-2-6-19-11/h1-7H,(H,20,22). The normalized spacial score (nSPS) is 11.1. The second kappa shape index (κ2) is 6.96. The van der Waals surface area contributed by atoms with Crippen LogP contribution >= 0.6 is 50.7 Å². The van der Waals surface area contributed by atoms with Gasteiger partial charge in [-0.05, 0) is 30.3 Å². The topological polar surface area (TPSA) is 59.1 Å². The molecule has 0 atom stereocenters. The lowest BCUT2D eigenvalue weighted by molar-refractivity contribution is -0.115. The smallest absolute Gasteiger partial charge is 0.276 e. The monoisotopic (exact) mass is 420 g/mol. The minimum Gasteiger partial charge on any atom is -0.322 e. The summed E-state index contributed by atoms with van der Waals surface area (Å²) in [4.78, 5) is 28.3. The maximum Gasteiger partial charge on any atom is 0.276 e. The zero-order valence-electron chi connectivity index (χ0n) is 10.8. The Labute approximate surface area is 149 Å². The quantitative estimate of drug-likeness (QED) is 0.590. The molecule has 2 rings (SSSR count). The van der Waals surface area contributed by atoms with Crippen LogP contribution < -0.4 is 5.32 Å². The number of anilines is 1. The van der Waals surface area contributed by atoms with Crippen LogP contribution in [0.1, 0.15) is 16.1 Å². The molecule has 0 saturated heterocycles. The molecule has 1 heterocycles. The minimum absolute atomic E-state index is 0.232. The van der Waals surface area contributed by atoms with Crippen molar-refractivity contribution in [3.05, 3.63) is 58.3 Å². The molecule has 1 N–H and O–H groups in total. The molecule has 0 fully saturated rings. The summed E-state index contributed by atoms with van der Waals surface area (Å²) in [5.41, 5.74) is 0.704. The van der Waals surface area contributed by atoms with Crippen molar-refractivity contribution in [1.82, 2.24) is 4.98 Å². The number of hydrogen-bond donors (Lipinski definition) is 1. The first-order chi connectivity index (χ1) is 10.3. The molecule has 1 aromatic heterocycles. The zero-order valence-corrected chi connectivity index (χ0v) is 14.7. The Bertz CT molecular complexity index is 718. The first-order valence-corrected chi connectivity index (χ1v) is 7.85. The number of nitrogens with zero attached hydrogens (tertiary/aromatic N) is 1. The van der Waals surface area contributed by atoms with Gasteiger partial charge < -0.3 is 5.32 Å². The molecule has 0 spiro atoms. The fourth-order valence-electron chi connectivity index (χ4n) is 1.64. The van der Waals surface area contributed by atoms with Crippen LogP contribution in [0, 0.1) is 0 Å². The van der Waals surface area contributed by atoms with E-state index in [1.54, 1.807) is 30.3 Å². The second-order valence-electron chi connectivity index (χ2n) is 4.19. The summed E-state index contributed by atoms with van der Waals surface area (Å²) in [6, 6.07) is 9.72. The highest BCUT2D eigenvalue weighted by Gasteiger charge is 2.31. The van der Waals surface area contributed by atoms with Gasteiger partial charge in [-0.25, -0.2) is 0 Å². The lowest BCUT2D eigenvalue weighted by Crippen LogP contribution is -2.27. The van der Waals surface area contributed by atoms with E-state index in [-0.39, 0.29) is 22.7 Å². The molecule has 0 unspecified atom stereocenters. The van der Waals surface area contributed by atoms with Crippen LogP contribution in [-0.2, 0) is 4.79 Å².